The number of nitrogens with two attached hydrogens (primary N) is 1. The molecule has 1 saturated heterocycles. The summed E-state index contributed by atoms with van der Waals surface area (Å²) in [5.74, 6) is 0.479. The zero-order valence-corrected chi connectivity index (χ0v) is 8.77. The van der Waals surface area contributed by atoms with Gasteiger partial charge in [-0.3, -0.25) is 0 Å². The lowest BCUT2D eigenvalue weighted by molar-refractivity contribution is 0.122. The van der Waals surface area contributed by atoms with E-state index in [2.05, 4.69) is 9.88 Å². The summed E-state index contributed by atoms with van der Waals surface area (Å²) < 4.78 is 10.3. The molecule has 0 bridgehead atoms. The van der Waals surface area contributed by atoms with Gasteiger partial charge in [0.25, 0.3) is 0 Å². The fourth-order valence-corrected chi connectivity index (χ4v) is 1.62. The third kappa shape index (κ3) is 2.12. The van der Waals surface area contributed by atoms with Crippen molar-refractivity contribution >= 4 is 11.4 Å². The molecule has 0 aliphatic carbocycles. The quantitative estimate of drug-likeness (QED) is 0.769. The van der Waals surface area contributed by atoms with E-state index in [0.29, 0.717) is 11.6 Å². The van der Waals surface area contributed by atoms with Crippen LogP contribution in [0.2, 0.25) is 0 Å². The number of methoxy groups -OCH3 is 1. The number of anilines is 2. The predicted octanol–water partition coefficient (Wildman–Crippen LogP) is 0.509. The van der Waals surface area contributed by atoms with E-state index < -0.39 is 0 Å². The van der Waals surface area contributed by atoms with Crippen LogP contribution in [-0.4, -0.2) is 38.4 Å². The fraction of sp³-hybridized carbons (Fsp3) is 0.500. The first-order valence-corrected chi connectivity index (χ1v) is 4.93. The number of aromatic nitrogens is 1. The van der Waals surface area contributed by atoms with Crippen LogP contribution in [0.5, 0.6) is 5.88 Å². The van der Waals surface area contributed by atoms with E-state index in [1.54, 1.807) is 13.3 Å². The largest absolute Gasteiger partial charge is 0.480 e. The van der Waals surface area contributed by atoms with Crippen LogP contribution in [-0.2, 0) is 4.74 Å². The van der Waals surface area contributed by atoms with E-state index in [0.717, 1.165) is 32.0 Å². The van der Waals surface area contributed by atoms with Crippen LogP contribution in [0, 0.1) is 0 Å². The Balaban J connectivity index is 2.17. The smallest absolute Gasteiger partial charge is 0.236 e. The summed E-state index contributed by atoms with van der Waals surface area (Å²) in [6.07, 6.45) is 1.78. The summed E-state index contributed by atoms with van der Waals surface area (Å²) in [7, 11) is 1.56. The molecule has 2 heterocycles. The van der Waals surface area contributed by atoms with Gasteiger partial charge in [0, 0.05) is 13.1 Å². The van der Waals surface area contributed by atoms with Crippen molar-refractivity contribution in [1.82, 2.24) is 4.98 Å². The van der Waals surface area contributed by atoms with Crippen molar-refractivity contribution in [3.63, 3.8) is 0 Å². The van der Waals surface area contributed by atoms with Crippen molar-refractivity contribution in [1.29, 1.82) is 0 Å². The molecular weight excluding hydrogens is 194 g/mol. The zero-order valence-electron chi connectivity index (χ0n) is 8.77. The molecule has 2 N–H and O–H groups in total. The Kier molecular flexibility index (Phi) is 2.91. The zero-order chi connectivity index (χ0) is 10.7. The second kappa shape index (κ2) is 4.35. The predicted molar refractivity (Wildman–Crippen MR) is 58.2 cm³/mol. The van der Waals surface area contributed by atoms with Crippen LogP contribution >= 0.6 is 0 Å². The van der Waals surface area contributed by atoms with Crippen LogP contribution < -0.4 is 15.4 Å². The molecule has 0 radical (unpaired) electrons. The number of rotatable bonds is 2. The van der Waals surface area contributed by atoms with Gasteiger partial charge in [-0.25, -0.2) is 4.98 Å². The average Bonchev–Trinajstić information content (AvgIpc) is 2.30. The summed E-state index contributed by atoms with van der Waals surface area (Å²) in [6, 6.07) is 1.89. The fourth-order valence-electron chi connectivity index (χ4n) is 1.62. The van der Waals surface area contributed by atoms with Gasteiger partial charge in [-0.2, -0.15) is 0 Å². The van der Waals surface area contributed by atoms with Gasteiger partial charge >= 0.3 is 0 Å². The number of hydrogen-bond acceptors (Lipinski definition) is 5. The molecule has 82 valence electrons. The van der Waals surface area contributed by atoms with Gasteiger partial charge in [0.2, 0.25) is 5.88 Å². The Morgan fingerprint density at radius 3 is 2.80 bits per heavy atom. The van der Waals surface area contributed by atoms with Gasteiger partial charge in [0.15, 0.2) is 0 Å². The molecule has 0 unspecified atom stereocenters. The maximum atomic E-state index is 5.79. The Hall–Kier alpha value is -1.49. The number of hydrogen-bond donors (Lipinski definition) is 1. The number of nitrogens with zero attached hydrogens (tertiary/aromatic N) is 2. The van der Waals surface area contributed by atoms with Gasteiger partial charge in [-0.1, -0.05) is 0 Å². The van der Waals surface area contributed by atoms with Crippen molar-refractivity contribution in [2.75, 3.05) is 44.0 Å². The van der Waals surface area contributed by atoms with E-state index in [4.69, 9.17) is 15.2 Å². The van der Waals surface area contributed by atoms with E-state index in [1.165, 1.54) is 0 Å². The number of ether oxygens (including phenoxy) is 2. The van der Waals surface area contributed by atoms with E-state index in [-0.39, 0.29) is 0 Å². The topological polar surface area (TPSA) is 60.6 Å². The molecule has 1 aliphatic rings. The molecule has 0 aromatic carbocycles. The average molecular weight is 209 g/mol. The van der Waals surface area contributed by atoms with Gasteiger partial charge in [-0.05, 0) is 6.07 Å². The minimum Gasteiger partial charge on any atom is -0.480 e. The molecule has 15 heavy (non-hydrogen) atoms. The normalized spacial score (nSPS) is 16.5. The lowest BCUT2D eigenvalue weighted by Gasteiger charge is -2.28. The molecule has 0 saturated carbocycles. The van der Waals surface area contributed by atoms with Crippen molar-refractivity contribution in [2.24, 2.45) is 0 Å². The first kappa shape index (κ1) is 10.0. The van der Waals surface area contributed by atoms with E-state index >= 15 is 0 Å². The SMILES string of the molecule is COc1ncc(N2CCOCC2)cc1N. The maximum Gasteiger partial charge on any atom is 0.236 e. The van der Waals surface area contributed by atoms with Crippen LogP contribution in [0.15, 0.2) is 12.3 Å². The van der Waals surface area contributed by atoms with E-state index in [9.17, 15) is 0 Å². The van der Waals surface area contributed by atoms with Gasteiger partial charge in [0.05, 0.1) is 37.9 Å². The summed E-state index contributed by atoms with van der Waals surface area (Å²) in [4.78, 5) is 6.34. The molecule has 5 nitrogen and oxygen atoms in total. The van der Waals surface area contributed by atoms with Gasteiger partial charge < -0.3 is 20.1 Å². The van der Waals surface area contributed by atoms with Crippen LogP contribution in [0.1, 0.15) is 0 Å². The van der Waals surface area contributed by atoms with Crippen LogP contribution in [0.25, 0.3) is 0 Å². The first-order valence-electron chi connectivity index (χ1n) is 4.93. The third-order valence-electron chi connectivity index (χ3n) is 2.43. The highest BCUT2D eigenvalue weighted by molar-refractivity contribution is 5.59. The van der Waals surface area contributed by atoms with Crippen molar-refractivity contribution < 1.29 is 9.47 Å². The molecule has 1 fully saturated rings. The molecular formula is C10H15N3O2. The highest BCUT2D eigenvalue weighted by atomic mass is 16.5. The van der Waals surface area contributed by atoms with E-state index in [1.807, 2.05) is 6.07 Å². The highest BCUT2D eigenvalue weighted by Gasteiger charge is 2.12. The molecule has 1 aromatic rings. The second-order valence-electron chi connectivity index (χ2n) is 3.39. The van der Waals surface area contributed by atoms with Crippen molar-refractivity contribution in [3.8, 4) is 5.88 Å². The Morgan fingerprint density at radius 2 is 2.20 bits per heavy atom. The molecule has 2 rings (SSSR count). The Bertz CT molecular complexity index is 337. The van der Waals surface area contributed by atoms with Crippen LogP contribution in [0.4, 0.5) is 11.4 Å². The molecule has 1 aliphatic heterocycles. The van der Waals surface area contributed by atoms with Gasteiger partial charge in [-0.15, -0.1) is 0 Å². The monoisotopic (exact) mass is 209 g/mol. The summed E-state index contributed by atoms with van der Waals surface area (Å²) in [5, 5.41) is 0. The first-order chi connectivity index (χ1) is 7.31. The summed E-state index contributed by atoms with van der Waals surface area (Å²) in [6.45, 7) is 3.28. The standard InChI is InChI=1S/C10H15N3O2/c1-14-10-9(11)6-8(7-12-10)13-2-4-15-5-3-13/h6-7H,2-5,11H2,1H3. The highest BCUT2D eigenvalue weighted by Crippen LogP contribution is 2.24. The minimum atomic E-state index is 0.479. The lowest BCUT2D eigenvalue weighted by atomic mass is 10.3. The summed E-state index contributed by atoms with van der Waals surface area (Å²) >= 11 is 0. The van der Waals surface area contributed by atoms with Crippen molar-refractivity contribution in [3.05, 3.63) is 12.3 Å². The van der Waals surface area contributed by atoms with Crippen LogP contribution in [0.3, 0.4) is 0 Å². The molecule has 0 spiro atoms. The molecule has 0 amide bonds. The Morgan fingerprint density at radius 1 is 1.47 bits per heavy atom. The second-order valence-corrected chi connectivity index (χ2v) is 3.39. The number of morpholine rings is 1. The maximum absolute atomic E-state index is 5.79. The lowest BCUT2D eigenvalue weighted by Crippen LogP contribution is -2.36. The van der Waals surface area contributed by atoms with Gasteiger partial charge in [0.1, 0.15) is 0 Å². The van der Waals surface area contributed by atoms with Crippen molar-refractivity contribution in [2.45, 2.75) is 0 Å². The Labute approximate surface area is 88.8 Å². The number of nitrogen functional groups attached to an aromatic ring is 1. The summed E-state index contributed by atoms with van der Waals surface area (Å²) in [5.41, 5.74) is 7.39. The molecule has 5 heteroatoms. The molecule has 1 aromatic heterocycles. The minimum absolute atomic E-state index is 0.479. The molecule has 0 atom stereocenters. The third-order valence-corrected chi connectivity index (χ3v) is 2.43. The number of pyridine rings is 1.